The maximum Gasteiger partial charge on any atom is 0.330 e. The molecule has 0 unspecified atom stereocenters. The molecule has 11 heavy (non-hydrogen) atoms. The maximum atomic E-state index is 10.3. The number of rotatable bonds is 5. The summed E-state index contributed by atoms with van der Waals surface area (Å²) < 4.78 is 5.03. The molecule has 1 N–H and O–H groups in total. The predicted octanol–water partition coefficient (Wildman–Crippen LogP) is 1.44. The second-order valence-electron chi connectivity index (χ2n) is 2.18. The van der Waals surface area contributed by atoms with Crippen LogP contribution in [0.25, 0.3) is 0 Å². The van der Waals surface area contributed by atoms with Crippen LogP contribution in [0.15, 0.2) is 11.6 Å². The number of hydrogen-bond acceptors (Lipinski definition) is 2. The van der Waals surface area contributed by atoms with Gasteiger partial charge in [0.25, 0.3) is 0 Å². The molecule has 0 aliphatic heterocycles. The van der Waals surface area contributed by atoms with E-state index in [0.717, 1.165) is 0 Å². The van der Waals surface area contributed by atoms with Gasteiger partial charge in [0.2, 0.25) is 0 Å². The van der Waals surface area contributed by atoms with E-state index in [1.807, 2.05) is 6.92 Å². The van der Waals surface area contributed by atoms with Crippen molar-refractivity contribution < 1.29 is 14.6 Å². The molecule has 3 nitrogen and oxygen atoms in total. The minimum Gasteiger partial charge on any atom is -0.478 e. The molecule has 0 heterocycles. The summed E-state index contributed by atoms with van der Waals surface area (Å²) in [4.78, 5) is 10.3. The lowest BCUT2D eigenvalue weighted by molar-refractivity contribution is -0.132. The monoisotopic (exact) mass is 158 g/mol. The topological polar surface area (TPSA) is 46.5 Å². The van der Waals surface area contributed by atoms with Gasteiger partial charge in [-0.1, -0.05) is 6.08 Å². The summed E-state index contributed by atoms with van der Waals surface area (Å²) in [6.45, 7) is 4.77. The minimum atomic E-state index is -0.860. The summed E-state index contributed by atoms with van der Waals surface area (Å²) >= 11 is 0. The van der Waals surface area contributed by atoms with E-state index in [2.05, 4.69) is 0 Å². The largest absolute Gasteiger partial charge is 0.478 e. The van der Waals surface area contributed by atoms with Gasteiger partial charge in [-0.3, -0.25) is 0 Å². The molecule has 0 saturated heterocycles. The van der Waals surface area contributed by atoms with E-state index in [9.17, 15) is 4.79 Å². The standard InChI is InChI=1S/C8H14O3/c1-3-11-6-4-5-7(2)8(9)10/h5H,3-4,6H2,1-2H3,(H,9,10). The molecule has 0 saturated carbocycles. The molecular weight excluding hydrogens is 144 g/mol. The third-order valence-electron chi connectivity index (χ3n) is 1.25. The van der Waals surface area contributed by atoms with Crippen LogP contribution in [0.5, 0.6) is 0 Å². The third kappa shape index (κ3) is 5.61. The second-order valence-corrected chi connectivity index (χ2v) is 2.18. The van der Waals surface area contributed by atoms with Crippen molar-refractivity contribution in [2.75, 3.05) is 13.2 Å². The Morgan fingerprint density at radius 3 is 2.73 bits per heavy atom. The SMILES string of the molecule is CCOCCC=C(C)C(=O)O. The van der Waals surface area contributed by atoms with E-state index >= 15 is 0 Å². The fraction of sp³-hybridized carbons (Fsp3) is 0.625. The molecule has 0 aromatic carbocycles. The number of carboxylic acids is 1. The molecule has 0 radical (unpaired) electrons. The Balaban J connectivity index is 3.48. The highest BCUT2D eigenvalue weighted by atomic mass is 16.5. The Morgan fingerprint density at radius 2 is 2.27 bits per heavy atom. The van der Waals surface area contributed by atoms with Crippen molar-refractivity contribution in [2.24, 2.45) is 0 Å². The lowest BCUT2D eigenvalue weighted by atomic mass is 10.2. The van der Waals surface area contributed by atoms with Crippen LogP contribution in [0.4, 0.5) is 0 Å². The zero-order chi connectivity index (χ0) is 8.69. The van der Waals surface area contributed by atoms with Gasteiger partial charge in [-0.15, -0.1) is 0 Å². The summed E-state index contributed by atoms with van der Waals surface area (Å²) in [5.41, 5.74) is 0.379. The molecule has 0 bridgehead atoms. The molecule has 0 aromatic rings. The average Bonchev–Trinajstić information content (AvgIpc) is 1.97. The van der Waals surface area contributed by atoms with E-state index in [-0.39, 0.29) is 0 Å². The van der Waals surface area contributed by atoms with Crippen LogP contribution in [0, 0.1) is 0 Å². The highest BCUT2D eigenvalue weighted by molar-refractivity contribution is 5.85. The first-order chi connectivity index (χ1) is 5.18. The molecule has 0 rings (SSSR count). The van der Waals surface area contributed by atoms with Crippen molar-refractivity contribution in [3.63, 3.8) is 0 Å². The molecule has 0 aromatic heterocycles. The maximum absolute atomic E-state index is 10.3. The van der Waals surface area contributed by atoms with Crippen molar-refractivity contribution in [1.82, 2.24) is 0 Å². The fourth-order valence-electron chi connectivity index (χ4n) is 0.590. The first-order valence-corrected chi connectivity index (χ1v) is 3.66. The highest BCUT2D eigenvalue weighted by Gasteiger charge is 1.96. The highest BCUT2D eigenvalue weighted by Crippen LogP contribution is 1.95. The first kappa shape index (κ1) is 10.2. The molecular formula is C8H14O3. The Morgan fingerprint density at radius 1 is 1.64 bits per heavy atom. The van der Waals surface area contributed by atoms with Crippen molar-refractivity contribution in [3.8, 4) is 0 Å². The van der Waals surface area contributed by atoms with E-state index in [1.54, 1.807) is 13.0 Å². The van der Waals surface area contributed by atoms with Crippen molar-refractivity contribution >= 4 is 5.97 Å². The molecule has 0 fully saturated rings. The summed E-state index contributed by atoms with van der Waals surface area (Å²) in [5.74, 6) is -0.860. The lowest BCUT2D eigenvalue weighted by Crippen LogP contribution is -1.97. The van der Waals surface area contributed by atoms with Gasteiger partial charge in [0.15, 0.2) is 0 Å². The number of carbonyl (C=O) groups is 1. The molecule has 0 aliphatic rings. The van der Waals surface area contributed by atoms with Gasteiger partial charge < -0.3 is 9.84 Å². The van der Waals surface area contributed by atoms with Crippen LogP contribution in [-0.2, 0) is 9.53 Å². The van der Waals surface area contributed by atoms with Crippen molar-refractivity contribution in [3.05, 3.63) is 11.6 Å². The summed E-state index contributed by atoms with van der Waals surface area (Å²) in [6, 6.07) is 0. The van der Waals surface area contributed by atoms with Gasteiger partial charge in [0, 0.05) is 12.2 Å². The molecule has 0 aliphatic carbocycles. The van der Waals surface area contributed by atoms with E-state index in [0.29, 0.717) is 25.2 Å². The molecule has 0 spiro atoms. The molecule has 3 heteroatoms. The van der Waals surface area contributed by atoms with Crippen LogP contribution in [-0.4, -0.2) is 24.3 Å². The van der Waals surface area contributed by atoms with Crippen LogP contribution >= 0.6 is 0 Å². The average molecular weight is 158 g/mol. The zero-order valence-corrected chi connectivity index (χ0v) is 6.96. The van der Waals surface area contributed by atoms with Gasteiger partial charge in [-0.05, 0) is 20.3 Å². The van der Waals surface area contributed by atoms with E-state index in [4.69, 9.17) is 9.84 Å². The second kappa shape index (κ2) is 5.92. The van der Waals surface area contributed by atoms with Crippen LogP contribution in [0.3, 0.4) is 0 Å². The minimum absolute atomic E-state index is 0.379. The van der Waals surface area contributed by atoms with Crippen molar-refractivity contribution in [1.29, 1.82) is 0 Å². The Kier molecular flexibility index (Phi) is 5.47. The number of aliphatic carboxylic acids is 1. The number of hydrogen-bond donors (Lipinski definition) is 1. The Labute approximate surface area is 66.7 Å². The lowest BCUT2D eigenvalue weighted by Gasteiger charge is -1.96. The summed E-state index contributed by atoms with van der Waals surface area (Å²) in [5, 5.41) is 8.43. The Hall–Kier alpha value is -0.830. The summed E-state index contributed by atoms with van der Waals surface area (Å²) in [6.07, 6.45) is 2.34. The van der Waals surface area contributed by atoms with Gasteiger partial charge in [-0.25, -0.2) is 4.79 Å². The van der Waals surface area contributed by atoms with Gasteiger partial charge in [0.05, 0.1) is 6.61 Å². The smallest absolute Gasteiger partial charge is 0.330 e. The van der Waals surface area contributed by atoms with Gasteiger partial charge in [-0.2, -0.15) is 0 Å². The van der Waals surface area contributed by atoms with Crippen LogP contribution in [0.2, 0.25) is 0 Å². The first-order valence-electron chi connectivity index (χ1n) is 3.66. The van der Waals surface area contributed by atoms with Crippen LogP contribution in [0.1, 0.15) is 20.3 Å². The normalized spacial score (nSPS) is 11.6. The molecule has 64 valence electrons. The summed E-state index contributed by atoms with van der Waals surface area (Å²) in [7, 11) is 0. The fourth-order valence-corrected chi connectivity index (χ4v) is 0.590. The van der Waals surface area contributed by atoms with Gasteiger partial charge in [0.1, 0.15) is 0 Å². The van der Waals surface area contributed by atoms with Crippen LogP contribution < -0.4 is 0 Å². The van der Waals surface area contributed by atoms with Crippen molar-refractivity contribution in [2.45, 2.75) is 20.3 Å². The third-order valence-corrected chi connectivity index (χ3v) is 1.25. The predicted molar refractivity (Wildman–Crippen MR) is 42.5 cm³/mol. The van der Waals surface area contributed by atoms with E-state index < -0.39 is 5.97 Å². The molecule has 0 atom stereocenters. The Bertz CT molecular complexity index is 149. The molecule has 0 amide bonds. The number of ether oxygens (including phenoxy) is 1. The van der Waals surface area contributed by atoms with Gasteiger partial charge >= 0.3 is 5.97 Å². The van der Waals surface area contributed by atoms with E-state index in [1.165, 1.54) is 0 Å². The zero-order valence-electron chi connectivity index (χ0n) is 6.96. The quantitative estimate of drug-likeness (QED) is 0.486. The number of carboxylic acid groups (broad SMARTS) is 1.